The Kier molecular flexibility index (Phi) is 4.14. The summed E-state index contributed by atoms with van der Waals surface area (Å²) < 4.78 is 11.1. The van der Waals surface area contributed by atoms with E-state index in [1.54, 1.807) is 12.1 Å². The van der Waals surface area contributed by atoms with Gasteiger partial charge in [-0.25, -0.2) is 0 Å². The first-order valence-electron chi connectivity index (χ1n) is 6.22. The van der Waals surface area contributed by atoms with Gasteiger partial charge in [0.25, 0.3) is 5.69 Å². The lowest BCUT2D eigenvalue weighted by Crippen LogP contribution is -2.30. The predicted octanol–water partition coefficient (Wildman–Crippen LogP) is 1.84. The summed E-state index contributed by atoms with van der Waals surface area (Å²) in [6, 6.07) is 6.60. The maximum absolute atomic E-state index is 10.7. The molecular formula is C13H18N2O4. The third-order valence-electron chi connectivity index (χ3n) is 2.89. The van der Waals surface area contributed by atoms with Gasteiger partial charge in [-0.3, -0.25) is 10.1 Å². The summed E-state index contributed by atoms with van der Waals surface area (Å²) in [5, 5.41) is 13.9. The molecule has 1 fully saturated rings. The summed E-state index contributed by atoms with van der Waals surface area (Å²) in [6.45, 7) is 5.56. The normalized spacial score (nSPS) is 21.5. The smallest absolute Gasteiger partial charge is 0.269 e. The molecule has 1 heterocycles. The molecule has 0 bridgehead atoms. The van der Waals surface area contributed by atoms with Gasteiger partial charge in [0.05, 0.1) is 17.6 Å². The molecule has 19 heavy (non-hydrogen) atoms. The second kappa shape index (κ2) is 5.64. The number of ether oxygens (including phenoxy) is 2. The van der Waals surface area contributed by atoms with Gasteiger partial charge >= 0.3 is 0 Å². The lowest BCUT2D eigenvalue weighted by Gasteiger charge is -2.17. The van der Waals surface area contributed by atoms with Crippen LogP contribution < -0.4 is 5.32 Å². The summed E-state index contributed by atoms with van der Waals surface area (Å²) in [4.78, 5) is 10.3. The van der Waals surface area contributed by atoms with Gasteiger partial charge in [-0.2, -0.15) is 0 Å². The molecule has 1 N–H and O–H groups in total. The summed E-state index contributed by atoms with van der Waals surface area (Å²) in [5.74, 6) is -0.516. The SMILES string of the molecule is CC1(C)OCC(CNCc2cccc([N+](=O)[O-])c2)O1. The van der Waals surface area contributed by atoms with Crippen molar-refractivity contribution in [3.05, 3.63) is 39.9 Å². The van der Waals surface area contributed by atoms with Crippen LogP contribution in [0.15, 0.2) is 24.3 Å². The first-order valence-corrected chi connectivity index (χ1v) is 6.22. The molecule has 0 amide bonds. The number of hydrogen-bond acceptors (Lipinski definition) is 5. The molecule has 1 aromatic rings. The Labute approximate surface area is 111 Å². The molecule has 6 heteroatoms. The predicted molar refractivity (Wildman–Crippen MR) is 69.7 cm³/mol. The fourth-order valence-electron chi connectivity index (χ4n) is 2.02. The minimum Gasteiger partial charge on any atom is -0.348 e. The number of non-ortho nitro benzene ring substituents is 1. The maximum atomic E-state index is 10.7. The van der Waals surface area contributed by atoms with E-state index in [-0.39, 0.29) is 16.7 Å². The van der Waals surface area contributed by atoms with Crippen LogP contribution in [0.2, 0.25) is 0 Å². The van der Waals surface area contributed by atoms with Crippen LogP contribution in [0, 0.1) is 10.1 Å². The summed E-state index contributed by atoms with van der Waals surface area (Å²) >= 11 is 0. The number of hydrogen-bond donors (Lipinski definition) is 1. The van der Waals surface area contributed by atoms with E-state index in [0.29, 0.717) is 19.7 Å². The highest BCUT2D eigenvalue weighted by atomic mass is 16.7. The van der Waals surface area contributed by atoms with Gasteiger partial charge in [0.2, 0.25) is 0 Å². The highest BCUT2D eigenvalue weighted by Gasteiger charge is 2.32. The zero-order valence-electron chi connectivity index (χ0n) is 11.1. The second-order valence-electron chi connectivity index (χ2n) is 5.01. The third-order valence-corrected chi connectivity index (χ3v) is 2.89. The van der Waals surface area contributed by atoms with E-state index in [9.17, 15) is 10.1 Å². The largest absolute Gasteiger partial charge is 0.348 e. The van der Waals surface area contributed by atoms with E-state index in [2.05, 4.69) is 5.32 Å². The average Bonchev–Trinajstić information content (AvgIpc) is 2.69. The minimum atomic E-state index is -0.516. The lowest BCUT2D eigenvalue weighted by molar-refractivity contribution is -0.384. The van der Waals surface area contributed by atoms with E-state index in [4.69, 9.17) is 9.47 Å². The average molecular weight is 266 g/mol. The van der Waals surface area contributed by atoms with Crippen LogP contribution >= 0.6 is 0 Å². The second-order valence-corrected chi connectivity index (χ2v) is 5.01. The van der Waals surface area contributed by atoms with Crippen LogP contribution in [0.4, 0.5) is 5.69 Å². The van der Waals surface area contributed by atoms with Crippen LogP contribution in [0.1, 0.15) is 19.4 Å². The fourth-order valence-corrected chi connectivity index (χ4v) is 2.02. The zero-order chi connectivity index (χ0) is 13.9. The Bertz CT molecular complexity index is 462. The van der Waals surface area contributed by atoms with Crippen molar-refractivity contribution >= 4 is 5.69 Å². The Balaban J connectivity index is 1.80. The number of nitrogens with one attached hydrogen (secondary N) is 1. The number of nitrogens with zero attached hydrogens (tertiary/aromatic N) is 1. The van der Waals surface area contributed by atoms with Crippen LogP contribution in [0.3, 0.4) is 0 Å². The summed E-state index contributed by atoms with van der Waals surface area (Å²) in [7, 11) is 0. The molecule has 0 aliphatic carbocycles. The van der Waals surface area contributed by atoms with Crippen LogP contribution in [0.25, 0.3) is 0 Å². The highest BCUT2D eigenvalue weighted by molar-refractivity contribution is 5.34. The Morgan fingerprint density at radius 2 is 2.32 bits per heavy atom. The van der Waals surface area contributed by atoms with Gasteiger partial charge in [-0.1, -0.05) is 12.1 Å². The molecule has 0 radical (unpaired) electrons. The van der Waals surface area contributed by atoms with E-state index in [0.717, 1.165) is 5.56 Å². The van der Waals surface area contributed by atoms with Crippen LogP contribution in [-0.4, -0.2) is 30.0 Å². The fraction of sp³-hybridized carbons (Fsp3) is 0.538. The number of nitro benzene ring substituents is 1. The Morgan fingerprint density at radius 3 is 2.95 bits per heavy atom. The molecule has 1 aliphatic heterocycles. The molecule has 6 nitrogen and oxygen atoms in total. The monoisotopic (exact) mass is 266 g/mol. The number of nitro groups is 1. The number of benzene rings is 1. The van der Waals surface area contributed by atoms with Crippen molar-refractivity contribution in [2.75, 3.05) is 13.2 Å². The molecule has 1 atom stereocenters. The van der Waals surface area contributed by atoms with E-state index in [1.165, 1.54) is 6.07 Å². The first-order chi connectivity index (χ1) is 8.96. The van der Waals surface area contributed by atoms with E-state index < -0.39 is 5.79 Å². The quantitative estimate of drug-likeness (QED) is 0.650. The van der Waals surface area contributed by atoms with Gasteiger partial charge < -0.3 is 14.8 Å². The molecule has 0 aromatic heterocycles. The lowest BCUT2D eigenvalue weighted by atomic mass is 10.2. The Morgan fingerprint density at radius 1 is 1.53 bits per heavy atom. The molecular weight excluding hydrogens is 248 g/mol. The van der Waals surface area contributed by atoms with Crippen molar-refractivity contribution in [3.8, 4) is 0 Å². The van der Waals surface area contributed by atoms with E-state index >= 15 is 0 Å². The van der Waals surface area contributed by atoms with E-state index in [1.807, 2.05) is 19.9 Å². The Hall–Kier alpha value is -1.50. The van der Waals surface area contributed by atoms with Crippen molar-refractivity contribution in [2.45, 2.75) is 32.3 Å². The molecule has 104 valence electrons. The third kappa shape index (κ3) is 3.99. The summed E-state index contributed by atoms with van der Waals surface area (Å²) in [6.07, 6.45) is 0.0219. The van der Waals surface area contributed by atoms with Crippen molar-refractivity contribution < 1.29 is 14.4 Å². The van der Waals surface area contributed by atoms with Gasteiger partial charge in [-0.15, -0.1) is 0 Å². The van der Waals surface area contributed by atoms with Crippen LogP contribution in [-0.2, 0) is 16.0 Å². The zero-order valence-corrected chi connectivity index (χ0v) is 11.1. The molecule has 1 aromatic carbocycles. The first kappa shape index (κ1) is 13.9. The van der Waals surface area contributed by atoms with Gasteiger partial charge in [0.15, 0.2) is 5.79 Å². The van der Waals surface area contributed by atoms with Crippen LogP contribution in [0.5, 0.6) is 0 Å². The van der Waals surface area contributed by atoms with Crippen molar-refractivity contribution in [3.63, 3.8) is 0 Å². The standard InChI is InChI=1S/C13H18N2O4/c1-13(2)18-9-12(19-13)8-14-7-10-4-3-5-11(6-10)15(16)17/h3-6,12,14H,7-9H2,1-2H3. The molecule has 2 rings (SSSR count). The molecule has 1 aliphatic rings. The maximum Gasteiger partial charge on any atom is 0.269 e. The molecule has 1 saturated heterocycles. The summed E-state index contributed by atoms with van der Waals surface area (Å²) in [5.41, 5.74) is 0.994. The van der Waals surface area contributed by atoms with Crippen molar-refractivity contribution in [1.82, 2.24) is 5.32 Å². The van der Waals surface area contributed by atoms with Gasteiger partial charge in [0, 0.05) is 25.2 Å². The molecule has 1 unspecified atom stereocenters. The minimum absolute atomic E-state index is 0.0219. The van der Waals surface area contributed by atoms with Gasteiger partial charge in [-0.05, 0) is 19.4 Å². The molecule has 0 spiro atoms. The van der Waals surface area contributed by atoms with Crippen molar-refractivity contribution in [1.29, 1.82) is 0 Å². The topological polar surface area (TPSA) is 73.6 Å². The number of rotatable bonds is 5. The molecule has 0 saturated carbocycles. The van der Waals surface area contributed by atoms with Gasteiger partial charge in [0.1, 0.15) is 0 Å². The van der Waals surface area contributed by atoms with Crippen molar-refractivity contribution in [2.24, 2.45) is 0 Å². The highest BCUT2D eigenvalue weighted by Crippen LogP contribution is 2.21.